The Labute approximate surface area is 163 Å². The Morgan fingerprint density at radius 1 is 0.929 bits per heavy atom. The van der Waals surface area contributed by atoms with E-state index in [1.165, 1.54) is 0 Å². The second-order valence-electron chi connectivity index (χ2n) is 6.40. The van der Waals surface area contributed by atoms with Gasteiger partial charge in [0.15, 0.2) is 0 Å². The minimum atomic E-state index is -0.188. The first kappa shape index (κ1) is 18.0. The van der Waals surface area contributed by atoms with Crippen LogP contribution in [-0.4, -0.2) is 37.2 Å². The van der Waals surface area contributed by atoms with Crippen LogP contribution in [0.3, 0.4) is 0 Å². The standard InChI is InChI=1S/C22H21N3O3/c26-22(17-6-9-20(10-7-17)28-19-4-2-1-3-5-19)24-18-8-11-21(23-16-18)25-12-14-27-15-13-25/h1-11,16H,12-15H2,(H,24,26). The molecule has 142 valence electrons. The van der Waals surface area contributed by atoms with Gasteiger partial charge in [0.05, 0.1) is 25.1 Å². The Morgan fingerprint density at radius 3 is 2.32 bits per heavy atom. The number of nitrogens with zero attached hydrogens (tertiary/aromatic N) is 2. The number of aromatic nitrogens is 1. The van der Waals surface area contributed by atoms with Crippen molar-refractivity contribution in [3.05, 3.63) is 78.5 Å². The third-order valence-corrected chi connectivity index (χ3v) is 4.44. The summed E-state index contributed by atoms with van der Waals surface area (Å²) in [7, 11) is 0. The molecule has 0 radical (unpaired) electrons. The van der Waals surface area contributed by atoms with Crippen molar-refractivity contribution in [2.75, 3.05) is 36.5 Å². The van der Waals surface area contributed by atoms with Crippen molar-refractivity contribution in [3.63, 3.8) is 0 Å². The van der Waals surface area contributed by atoms with Crippen LogP contribution in [0.25, 0.3) is 0 Å². The molecule has 0 atom stereocenters. The van der Waals surface area contributed by atoms with Gasteiger partial charge in [0, 0.05) is 18.7 Å². The smallest absolute Gasteiger partial charge is 0.255 e. The van der Waals surface area contributed by atoms with E-state index >= 15 is 0 Å². The Kier molecular flexibility index (Phi) is 5.49. The Balaban J connectivity index is 1.36. The van der Waals surface area contributed by atoms with Crippen LogP contribution in [0.1, 0.15) is 10.4 Å². The highest BCUT2D eigenvalue weighted by Gasteiger charge is 2.13. The summed E-state index contributed by atoms with van der Waals surface area (Å²) in [6.07, 6.45) is 1.68. The maximum Gasteiger partial charge on any atom is 0.255 e. The fraction of sp³-hybridized carbons (Fsp3) is 0.182. The van der Waals surface area contributed by atoms with E-state index in [0.29, 0.717) is 30.2 Å². The molecular weight excluding hydrogens is 354 g/mol. The van der Waals surface area contributed by atoms with Gasteiger partial charge in [-0.25, -0.2) is 4.98 Å². The van der Waals surface area contributed by atoms with Crippen molar-refractivity contribution >= 4 is 17.4 Å². The van der Waals surface area contributed by atoms with Crippen molar-refractivity contribution in [3.8, 4) is 11.5 Å². The minimum absolute atomic E-state index is 0.188. The monoisotopic (exact) mass is 375 g/mol. The number of anilines is 2. The average Bonchev–Trinajstić information content (AvgIpc) is 2.76. The molecule has 28 heavy (non-hydrogen) atoms. The predicted molar refractivity (Wildman–Crippen MR) is 108 cm³/mol. The highest BCUT2D eigenvalue weighted by molar-refractivity contribution is 6.04. The lowest BCUT2D eigenvalue weighted by atomic mass is 10.2. The number of hydrogen-bond donors (Lipinski definition) is 1. The number of benzene rings is 2. The van der Waals surface area contributed by atoms with Crippen molar-refractivity contribution in [1.82, 2.24) is 4.98 Å². The lowest BCUT2D eigenvalue weighted by Gasteiger charge is -2.27. The predicted octanol–water partition coefficient (Wildman–Crippen LogP) is 3.96. The summed E-state index contributed by atoms with van der Waals surface area (Å²) in [5, 5.41) is 2.87. The van der Waals surface area contributed by atoms with Crippen molar-refractivity contribution in [2.24, 2.45) is 0 Å². The van der Waals surface area contributed by atoms with Crippen LogP contribution < -0.4 is 15.0 Å². The molecule has 1 fully saturated rings. The van der Waals surface area contributed by atoms with E-state index in [9.17, 15) is 4.79 Å². The number of ether oxygens (including phenoxy) is 2. The third-order valence-electron chi connectivity index (χ3n) is 4.44. The zero-order valence-corrected chi connectivity index (χ0v) is 15.4. The molecule has 1 aliphatic heterocycles. The number of amides is 1. The molecule has 0 unspecified atom stereocenters. The first-order chi connectivity index (χ1) is 13.8. The molecule has 0 spiro atoms. The molecule has 1 amide bonds. The molecule has 2 aromatic carbocycles. The van der Waals surface area contributed by atoms with E-state index in [2.05, 4.69) is 15.2 Å². The van der Waals surface area contributed by atoms with Crippen LogP contribution in [0.4, 0.5) is 11.5 Å². The van der Waals surface area contributed by atoms with Gasteiger partial charge in [-0.15, -0.1) is 0 Å². The largest absolute Gasteiger partial charge is 0.457 e. The number of hydrogen-bond acceptors (Lipinski definition) is 5. The SMILES string of the molecule is O=C(Nc1ccc(N2CCOCC2)nc1)c1ccc(Oc2ccccc2)cc1. The second kappa shape index (κ2) is 8.54. The number of carbonyl (C=O) groups is 1. The van der Waals surface area contributed by atoms with Crippen molar-refractivity contribution in [1.29, 1.82) is 0 Å². The first-order valence-corrected chi connectivity index (χ1v) is 9.21. The lowest BCUT2D eigenvalue weighted by Crippen LogP contribution is -2.36. The van der Waals surface area contributed by atoms with E-state index in [1.54, 1.807) is 30.5 Å². The number of rotatable bonds is 5. The summed E-state index contributed by atoms with van der Waals surface area (Å²) in [6, 6.07) is 20.3. The zero-order chi connectivity index (χ0) is 19.2. The molecule has 0 aliphatic carbocycles. The molecule has 2 heterocycles. The Bertz CT molecular complexity index is 906. The van der Waals surface area contributed by atoms with E-state index in [-0.39, 0.29) is 5.91 Å². The molecular formula is C22H21N3O3. The van der Waals surface area contributed by atoms with Gasteiger partial charge in [-0.3, -0.25) is 4.79 Å². The molecule has 0 bridgehead atoms. The number of nitrogens with one attached hydrogen (secondary N) is 1. The fourth-order valence-electron chi connectivity index (χ4n) is 2.94. The first-order valence-electron chi connectivity index (χ1n) is 9.21. The molecule has 1 N–H and O–H groups in total. The van der Waals surface area contributed by atoms with Crippen LogP contribution in [0.5, 0.6) is 11.5 Å². The molecule has 1 aliphatic rings. The molecule has 3 aromatic rings. The second-order valence-corrected chi connectivity index (χ2v) is 6.40. The highest BCUT2D eigenvalue weighted by Crippen LogP contribution is 2.22. The van der Waals surface area contributed by atoms with Gasteiger partial charge in [-0.1, -0.05) is 18.2 Å². The third kappa shape index (κ3) is 4.47. The topological polar surface area (TPSA) is 63.7 Å². The van der Waals surface area contributed by atoms with E-state index < -0.39 is 0 Å². The van der Waals surface area contributed by atoms with Gasteiger partial charge in [0.1, 0.15) is 17.3 Å². The number of para-hydroxylation sites is 1. The zero-order valence-electron chi connectivity index (χ0n) is 15.4. The normalized spacial score (nSPS) is 13.8. The van der Waals surface area contributed by atoms with Gasteiger partial charge in [-0.05, 0) is 48.5 Å². The number of morpholine rings is 1. The summed E-state index contributed by atoms with van der Waals surface area (Å²) in [4.78, 5) is 19.1. The van der Waals surface area contributed by atoms with Crippen LogP contribution in [0.15, 0.2) is 72.9 Å². The van der Waals surface area contributed by atoms with Crippen LogP contribution >= 0.6 is 0 Å². The molecule has 4 rings (SSSR count). The Morgan fingerprint density at radius 2 is 1.64 bits per heavy atom. The molecule has 1 saturated heterocycles. The van der Waals surface area contributed by atoms with Crippen molar-refractivity contribution < 1.29 is 14.3 Å². The number of pyridine rings is 1. The van der Waals surface area contributed by atoms with Gasteiger partial charge >= 0.3 is 0 Å². The number of carbonyl (C=O) groups excluding carboxylic acids is 1. The van der Waals surface area contributed by atoms with Crippen molar-refractivity contribution in [2.45, 2.75) is 0 Å². The Hall–Kier alpha value is -3.38. The van der Waals surface area contributed by atoms with Gasteiger partial charge in [0.2, 0.25) is 0 Å². The van der Waals surface area contributed by atoms with Crippen LogP contribution in [-0.2, 0) is 4.74 Å². The summed E-state index contributed by atoms with van der Waals surface area (Å²) in [6.45, 7) is 3.08. The summed E-state index contributed by atoms with van der Waals surface area (Å²) >= 11 is 0. The van der Waals surface area contributed by atoms with Gasteiger partial charge in [-0.2, -0.15) is 0 Å². The molecule has 1 aromatic heterocycles. The average molecular weight is 375 g/mol. The lowest BCUT2D eigenvalue weighted by molar-refractivity contribution is 0.102. The van der Waals surface area contributed by atoms with Gasteiger partial charge in [0.25, 0.3) is 5.91 Å². The molecule has 0 saturated carbocycles. The van der Waals surface area contributed by atoms with Gasteiger partial charge < -0.3 is 19.7 Å². The van der Waals surface area contributed by atoms with E-state index in [1.807, 2.05) is 42.5 Å². The molecule has 6 nitrogen and oxygen atoms in total. The van der Waals surface area contributed by atoms with Crippen LogP contribution in [0.2, 0.25) is 0 Å². The summed E-state index contributed by atoms with van der Waals surface area (Å²) in [5.74, 6) is 2.14. The summed E-state index contributed by atoms with van der Waals surface area (Å²) in [5.41, 5.74) is 1.21. The molecule has 6 heteroatoms. The van der Waals surface area contributed by atoms with Crippen LogP contribution in [0, 0.1) is 0 Å². The highest BCUT2D eigenvalue weighted by atomic mass is 16.5. The summed E-state index contributed by atoms with van der Waals surface area (Å²) < 4.78 is 11.1. The fourth-order valence-corrected chi connectivity index (χ4v) is 2.94. The quantitative estimate of drug-likeness (QED) is 0.731. The van der Waals surface area contributed by atoms with E-state index in [0.717, 1.165) is 24.7 Å². The maximum atomic E-state index is 12.5. The minimum Gasteiger partial charge on any atom is -0.457 e. The maximum absolute atomic E-state index is 12.5. The van der Waals surface area contributed by atoms with E-state index in [4.69, 9.17) is 9.47 Å².